The lowest BCUT2D eigenvalue weighted by molar-refractivity contribution is -0.685. The molecule has 0 fully saturated rings. The van der Waals surface area contributed by atoms with Crippen molar-refractivity contribution in [2.75, 3.05) is 7.11 Å². The lowest BCUT2D eigenvalue weighted by Crippen LogP contribution is -2.37. The Morgan fingerprint density at radius 2 is 1.58 bits per heavy atom. The van der Waals surface area contributed by atoms with E-state index in [4.69, 9.17) is 0 Å². The van der Waals surface area contributed by atoms with Crippen LogP contribution in [0.3, 0.4) is 0 Å². The summed E-state index contributed by atoms with van der Waals surface area (Å²) in [5.41, 5.74) is 1.24. The molecule has 0 unspecified atom stereocenters. The number of benzene rings is 1. The van der Waals surface area contributed by atoms with Crippen LogP contribution in [-0.4, -0.2) is 18.9 Å². The van der Waals surface area contributed by atoms with Gasteiger partial charge in [0.25, 0.3) is 0 Å². The zero-order chi connectivity index (χ0) is 13.7. The van der Waals surface area contributed by atoms with Gasteiger partial charge in [-0.15, -0.1) is 0 Å². The van der Waals surface area contributed by atoms with Gasteiger partial charge in [-0.3, -0.25) is 4.79 Å². The minimum Gasteiger partial charge on any atom is -0.464 e. The maximum absolute atomic E-state index is 12.1. The van der Waals surface area contributed by atoms with E-state index < -0.39 is 0 Å². The topological polar surface area (TPSA) is 47.2 Å². The number of carbonyl (C=O) groups excluding carboxylic acids is 2. The molecular weight excluding hydrogens is 242 g/mol. The Bertz CT molecular complexity index is 576. The molecule has 1 heterocycles. The van der Waals surface area contributed by atoms with Crippen molar-refractivity contribution >= 4 is 11.8 Å². The first-order valence-corrected chi connectivity index (χ1v) is 5.86. The van der Waals surface area contributed by atoms with Crippen molar-refractivity contribution < 1.29 is 18.9 Å². The summed E-state index contributed by atoms with van der Waals surface area (Å²) in [5.74, 6) is -0.363. The van der Waals surface area contributed by atoms with Crippen molar-refractivity contribution in [3.8, 4) is 0 Å². The van der Waals surface area contributed by atoms with Crippen LogP contribution in [0.15, 0.2) is 54.9 Å². The first-order valence-electron chi connectivity index (χ1n) is 5.86. The lowest BCUT2D eigenvalue weighted by Gasteiger charge is -2.00. The molecule has 0 N–H and O–H groups in total. The van der Waals surface area contributed by atoms with E-state index in [1.54, 1.807) is 41.2 Å². The number of ketones is 1. The molecule has 2 rings (SSSR count). The Labute approximate surface area is 111 Å². The Kier molecular flexibility index (Phi) is 4.03. The van der Waals surface area contributed by atoms with Crippen LogP contribution in [0.5, 0.6) is 0 Å². The van der Waals surface area contributed by atoms with E-state index in [0.717, 1.165) is 0 Å². The fourth-order valence-electron chi connectivity index (χ4n) is 1.68. The average molecular weight is 256 g/mol. The fourth-order valence-corrected chi connectivity index (χ4v) is 1.68. The monoisotopic (exact) mass is 256 g/mol. The molecule has 0 radical (unpaired) electrons. The van der Waals surface area contributed by atoms with E-state index >= 15 is 0 Å². The van der Waals surface area contributed by atoms with E-state index in [9.17, 15) is 9.59 Å². The number of pyridine rings is 1. The van der Waals surface area contributed by atoms with Gasteiger partial charge in [-0.1, -0.05) is 30.3 Å². The molecule has 0 aliphatic heterocycles. The number of esters is 1. The van der Waals surface area contributed by atoms with Crippen LogP contribution < -0.4 is 4.57 Å². The van der Waals surface area contributed by atoms with Gasteiger partial charge in [0.05, 0.1) is 7.11 Å². The van der Waals surface area contributed by atoms with Crippen molar-refractivity contribution in [3.05, 3.63) is 66.0 Å². The first kappa shape index (κ1) is 13.0. The average Bonchev–Trinajstić information content (AvgIpc) is 2.48. The third-order valence-electron chi connectivity index (χ3n) is 2.73. The minimum absolute atomic E-state index is 0.0363. The third kappa shape index (κ3) is 3.25. The van der Waals surface area contributed by atoms with Gasteiger partial charge in [0.1, 0.15) is 0 Å². The van der Waals surface area contributed by atoms with Crippen molar-refractivity contribution in [2.45, 2.75) is 6.54 Å². The molecule has 96 valence electrons. The van der Waals surface area contributed by atoms with E-state index in [0.29, 0.717) is 11.1 Å². The van der Waals surface area contributed by atoms with Gasteiger partial charge in [-0.05, 0) is 0 Å². The maximum Gasteiger partial charge on any atom is 0.372 e. The van der Waals surface area contributed by atoms with Gasteiger partial charge in [0.2, 0.25) is 6.54 Å². The Hall–Kier alpha value is -2.49. The van der Waals surface area contributed by atoms with E-state index in [-0.39, 0.29) is 18.3 Å². The second-order valence-corrected chi connectivity index (χ2v) is 4.03. The predicted octanol–water partition coefficient (Wildman–Crippen LogP) is 1.38. The molecule has 0 spiro atoms. The largest absolute Gasteiger partial charge is 0.464 e. The molecule has 4 nitrogen and oxygen atoms in total. The minimum atomic E-state index is -0.327. The van der Waals surface area contributed by atoms with Crippen LogP contribution in [0.4, 0.5) is 0 Å². The lowest BCUT2D eigenvalue weighted by atomic mass is 10.0. The van der Waals surface area contributed by atoms with Crippen LogP contribution in [0.25, 0.3) is 0 Å². The molecule has 19 heavy (non-hydrogen) atoms. The Balaban J connectivity index is 2.15. The Morgan fingerprint density at radius 3 is 2.16 bits per heavy atom. The number of methoxy groups -OCH3 is 1. The van der Waals surface area contributed by atoms with E-state index in [1.807, 2.05) is 18.2 Å². The maximum atomic E-state index is 12.1. The second kappa shape index (κ2) is 5.91. The van der Waals surface area contributed by atoms with Crippen molar-refractivity contribution in [1.82, 2.24) is 0 Å². The first-order chi connectivity index (χ1) is 9.20. The molecule has 0 atom stereocenters. The molecule has 2 aromatic rings. The molecule has 1 aromatic carbocycles. The van der Waals surface area contributed by atoms with E-state index in [1.165, 1.54) is 7.11 Å². The number of rotatable bonds is 4. The zero-order valence-electron chi connectivity index (χ0n) is 10.6. The summed E-state index contributed by atoms with van der Waals surface area (Å²) in [6, 6.07) is 12.5. The van der Waals surface area contributed by atoms with Crippen LogP contribution >= 0.6 is 0 Å². The quantitative estimate of drug-likeness (QED) is 0.471. The molecule has 0 bridgehead atoms. The van der Waals surface area contributed by atoms with Gasteiger partial charge in [0, 0.05) is 23.3 Å². The number of ether oxygens (including phenoxy) is 1. The third-order valence-corrected chi connectivity index (χ3v) is 2.73. The fraction of sp³-hybridized carbons (Fsp3) is 0.133. The number of hydrogen-bond acceptors (Lipinski definition) is 3. The molecule has 1 aromatic heterocycles. The summed E-state index contributed by atoms with van der Waals surface area (Å²) in [7, 11) is 1.34. The highest BCUT2D eigenvalue weighted by Gasteiger charge is 2.12. The SMILES string of the molecule is COC(=O)C[n+]1ccc(C(=O)c2ccccc2)cc1. The van der Waals surface area contributed by atoms with Gasteiger partial charge in [-0.25, -0.2) is 4.79 Å². The van der Waals surface area contributed by atoms with E-state index in [2.05, 4.69) is 4.74 Å². The Morgan fingerprint density at radius 1 is 1.00 bits per heavy atom. The highest BCUT2D eigenvalue weighted by molar-refractivity contribution is 6.08. The van der Waals surface area contributed by atoms with Gasteiger partial charge < -0.3 is 4.74 Å². The standard InChI is InChI=1S/C15H14NO3/c1-19-14(17)11-16-9-7-13(8-10-16)15(18)12-5-3-2-4-6-12/h2-10H,11H2,1H3/q+1. The van der Waals surface area contributed by atoms with Crippen molar-refractivity contribution in [2.24, 2.45) is 0 Å². The molecule has 0 amide bonds. The second-order valence-electron chi connectivity index (χ2n) is 4.03. The molecule has 0 saturated heterocycles. The smallest absolute Gasteiger partial charge is 0.372 e. The summed E-state index contributed by atoms with van der Waals surface area (Å²) in [6.45, 7) is 0.135. The molecule has 0 aliphatic carbocycles. The summed E-state index contributed by atoms with van der Waals surface area (Å²) < 4.78 is 6.23. The normalized spacial score (nSPS) is 9.95. The van der Waals surface area contributed by atoms with Crippen molar-refractivity contribution in [3.63, 3.8) is 0 Å². The highest BCUT2D eigenvalue weighted by Crippen LogP contribution is 2.07. The van der Waals surface area contributed by atoms with Crippen LogP contribution in [0, 0.1) is 0 Å². The van der Waals surface area contributed by atoms with Crippen LogP contribution in [0.2, 0.25) is 0 Å². The predicted molar refractivity (Wildman–Crippen MR) is 68.5 cm³/mol. The van der Waals surface area contributed by atoms with Gasteiger partial charge >= 0.3 is 5.97 Å². The van der Waals surface area contributed by atoms with Crippen LogP contribution in [0.1, 0.15) is 15.9 Å². The highest BCUT2D eigenvalue weighted by atomic mass is 16.5. The summed E-state index contributed by atoms with van der Waals surface area (Å²) in [4.78, 5) is 23.2. The molecule has 4 heteroatoms. The molecular formula is C15H14NO3+. The van der Waals surface area contributed by atoms with Crippen LogP contribution in [-0.2, 0) is 16.1 Å². The number of carbonyl (C=O) groups is 2. The zero-order valence-corrected chi connectivity index (χ0v) is 10.6. The summed E-state index contributed by atoms with van der Waals surface area (Å²) >= 11 is 0. The number of hydrogen-bond donors (Lipinski definition) is 0. The van der Waals surface area contributed by atoms with Gasteiger partial charge in [0.15, 0.2) is 18.2 Å². The molecule has 0 saturated carbocycles. The number of aromatic nitrogens is 1. The number of nitrogens with zero attached hydrogens (tertiary/aromatic N) is 1. The van der Waals surface area contributed by atoms with Crippen molar-refractivity contribution in [1.29, 1.82) is 0 Å². The van der Waals surface area contributed by atoms with Gasteiger partial charge in [-0.2, -0.15) is 4.57 Å². The molecule has 0 aliphatic rings. The summed E-state index contributed by atoms with van der Waals surface area (Å²) in [6.07, 6.45) is 3.38. The summed E-state index contributed by atoms with van der Waals surface area (Å²) in [5, 5.41) is 0.